The Hall–Kier alpha value is -2.86. The third-order valence-corrected chi connectivity index (χ3v) is 5.43. The maximum absolute atomic E-state index is 12.3. The van der Waals surface area contributed by atoms with Gasteiger partial charge >= 0.3 is 6.03 Å². The molecular formula is C23H37N7O2. The molecule has 1 aliphatic carbocycles. The Bertz CT molecular complexity index is 715. The number of aliphatic imine (C=N–C) groups is 1. The Kier molecular flexibility index (Phi) is 12.6. The van der Waals surface area contributed by atoms with E-state index in [1.807, 2.05) is 25.2 Å². The van der Waals surface area contributed by atoms with Gasteiger partial charge in [-0.3, -0.25) is 9.82 Å². The van der Waals surface area contributed by atoms with Crippen molar-refractivity contribution in [2.45, 2.75) is 64.7 Å². The molecule has 0 atom stereocenters. The molecule has 0 spiro atoms. The Balaban J connectivity index is 1.63. The fourth-order valence-electron chi connectivity index (χ4n) is 3.69. The molecule has 9 heteroatoms. The number of hydrogen-bond acceptors (Lipinski definition) is 5. The van der Waals surface area contributed by atoms with Gasteiger partial charge in [0.1, 0.15) is 0 Å². The van der Waals surface area contributed by atoms with Crippen molar-refractivity contribution < 1.29 is 9.63 Å². The summed E-state index contributed by atoms with van der Waals surface area (Å²) in [5.41, 5.74) is 0.820. The lowest BCUT2D eigenvalue weighted by molar-refractivity contribution is -0.132. The molecule has 0 radical (unpaired) electrons. The molecule has 2 rings (SSSR count). The zero-order valence-corrected chi connectivity index (χ0v) is 19.2. The van der Waals surface area contributed by atoms with E-state index in [1.165, 1.54) is 37.2 Å². The summed E-state index contributed by atoms with van der Waals surface area (Å²) < 4.78 is 0. The number of carbonyl (C=O) groups is 1. The first-order valence-electron chi connectivity index (χ1n) is 11.8. The summed E-state index contributed by atoms with van der Waals surface area (Å²) >= 11 is 0. The molecule has 1 aliphatic rings. The Labute approximate surface area is 191 Å². The van der Waals surface area contributed by atoms with Crippen molar-refractivity contribution in [1.82, 2.24) is 20.7 Å². The highest BCUT2D eigenvalue weighted by Crippen LogP contribution is 2.24. The lowest BCUT2D eigenvalue weighted by Crippen LogP contribution is -2.41. The van der Waals surface area contributed by atoms with Crippen molar-refractivity contribution in [2.24, 2.45) is 10.9 Å². The van der Waals surface area contributed by atoms with E-state index in [9.17, 15) is 4.79 Å². The van der Waals surface area contributed by atoms with E-state index >= 15 is 0 Å². The largest absolute Gasteiger partial charge is 0.355 e. The van der Waals surface area contributed by atoms with Gasteiger partial charge in [-0.1, -0.05) is 32.1 Å². The van der Waals surface area contributed by atoms with E-state index in [2.05, 4.69) is 25.9 Å². The van der Waals surface area contributed by atoms with Crippen molar-refractivity contribution in [3.8, 4) is 6.19 Å². The fourth-order valence-corrected chi connectivity index (χ4v) is 3.69. The van der Waals surface area contributed by atoms with Crippen molar-refractivity contribution in [2.75, 3.05) is 31.6 Å². The molecule has 1 aromatic heterocycles. The summed E-state index contributed by atoms with van der Waals surface area (Å²) in [6, 6.07) is 3.47. The number of aromatic nitrogens is 1. The first kappa shape index (κ1) is 25.4. The number of unbranched alkanes of at least 4 members (excludes halogenated alkanes) is 3. The second kappa shape index (κ2) is 15.9. The third-order valence-electron chi connectivity index (χ3n) is 5.43. The highest BCUT2D eigenvalue weighted by atomic mass is 16.7. The standard InChI is InChI=1S/C23H37N7O2/c1-2-26-23(31)30(32-18-20-10-6-5-7-11-20)17-9-4-3-8-14-27-22(28-19-24)29-21-12-15-25-16-13-21/h12-13,15-16,20H,2-11,14,17-18H2,1H3,(H,26,31)(H2,25,27,28,29). The number of nitrogens with zero attached hydrogens (tertiary/aromatic N) is 4. The smallest absolute Gasteiger partial charge is 0.341 e. The van der Waals surface area contributed by atoms with Crippen LogP contribution in [-0.4, -0.2) is 48.3 Å². The van der Waals surface area contributed by atoms with Crippen LogP contribution in [-0.2, 0) is 4.84 Å². The maximum Gasteiger partial charge on any atom is 0.341 e. The zero-order valence-electron chi connectivity index (χ0n) is 19.2. The van der Waals surface area contributed by atoms with E-state index in [0.717, 1.165) is 31.4 Å². The lowest BCUT2D eigenvalue weighted by atomic mass is 9.90. The first-order valence-corrected chi connectivity index (χ1v) is 11.8. The van der Waals surface area contributed by atoms with Gasteiger partial charge in [-0.25, -0.2) is 9.86 Å². The predicted octanol–water partition coefficient (Wildman–Crippen LogP) is 4.02. The summed E-state index contributed by atoms with van der Waals surface area (Å²) in [5.74, 6) is 0.994. The van der Waals surface area contributed by atoms with E-state index < -0.39 is 0 Å². The molecule has 1 aromatic rings. The zero-order chi connectivity index (χ0) is 22.9. The number of rotatable bonds is 12. The maximum atomic E-state index is 12.3. The molecule has 3 N–H and O–H groups in total. The third kappa shape index (κ3) is 10.4. The average molecular weight is 444 g/mol. The topological polar surface area (TPSA) is 115 Å². The van der Waals surface area contributed by atoms with Crippen molar-refractivity contribution in [3.05, 3.63) is 24.5 Å². The number of carbonyl (C=O) groups excluding carboxylic acids is 1. The monoisotopic (exact) mass is 443 g/mol. The van der Waals surface area contributed by atoms with E-state index in [4.69, 9.17) is 10.1 Å². The van der Waals surface area contributed by atoms with Gasteiger partial charge in [0.2, 0.25) is 12.2 Å². The molecular weight excluding hydrogens is 406 g/mol. The average Bonchev–Trinajstić information content (AvgIpc) is 2.82. The van der Waals surface area contributed by atoms with Crippen LogP contribution in [0.25, 0.3) is 0 Å². The van der Waals surface area contributed by atoms with Crippen molar-refractivity contribution in [3.63, 3.8) is 0 Å². The van der Waals surface area contributed by atoms with Crippen LogP contribution in [0.4, 0.5) is 10.5 Å². The summed E-state index contributed by atoms with van der Waals surface area (Å²) in [6.45, 7) is 4.44. The number of amides is 2. The summed E-state index contributed by atoms with van der Waals surface area (Å²) in [6.07, 6.45) is 15.2. The van der Waals surface area contributed by atoms with Crippen LogP contribution in [0.3, 0.4) is 0 Å². The molecule has 32 heavy (non-hydrogen) atoms. The molecule has 2 amide bonds. The van der Waals surface area contributed by atoms with E-state index in [1.54, 1.807) is 12.4 Å². The van der Waals surface area contributed by atoms with Crippen LogP contribution in [0.2, 0.25) is 0 Å². The summed E-state index contributed by atoms with van der Waals surface area (Å²) in [7, 11) is 0. The molecule has 0 aromatic carbocycles. The van der Waals surface area contributed by atoms with Gasteiger partial charge < -0.3 is 16.0 Å². The molecule has 0 bridgehead atoms. The number of pyridine rings is 1. The molecule has 9 nitrogen and oxygen atoms in total. The van der Waals surface area contributed by atoms with Gasteiger partial charge in [0.25, 0.3) is 0 Å². The van der Waals surface area contributed by atoms with Crippen molar-refractivity contribution in [1.29, 1.82) is 5.26 Å². The van der Waals surface area contributed by atoms with Gasteiger partial charge in [0.15, 0.2) is 0 Å². The lowest BCUT2D eigenvalue weighted by Gasteiger charge is -2.26. The van der Waals surface area contributed by atoms with E-state index in [0.29, 0.717) is 38.1 Å². The second-order valence-electron chi connectivity index (χ2n) is 8.00. The molecule has 0 aliphatic heterocycles. The highest BCUT2D eigenvalue weighted by molar-refractivity contribution is 5.94. The van der Waals surface area contributed by atoms with Gasteiger partial charge in [-0.2, -0.15) is 5.26 Å². The Morgan fingerprint density at radius 3 is 2.66 bits per heavy atom. The Morgan fingerprint density at radius 2 is 1.94 bits per heavy atom. The minimum absolute atomic E-state index is 0.149. The quantitative estimate of drug-likeness (QED) is 0.148. The van der Waals surface area contributed by atoms with Gasteiger partial charge in [-0.05, 0) is 50.7 Å². The second-order valence-corrected chi connectivity index (χ2v) is 8.00. The van der Waals surface area contributed by atoms with Crippen LogP contribution < -0.4 is 16.0 Å². The highest BCUT2D eigenvalue weighted by Gasteiger charge is 2.18. The predicted molar refractivity (Wildman–Crippen MR) is 126 cm³/mol. The van der Waals surface area contributed by atoms with Crippen LogP contribution in [0.15, 0.2) is 29.5 Å². The normalized spacial score (nSPS) is 14.4. The molecule has 1 heterocycles. The van der Waals surface area contributed by atoms with Gasteiger partial charge in [-0.15, -0.1) is 4.99 Å². The minimum Gasteiger partial charge on any atom is -0.355 e. The number of nitrogens with one attached hydrogen (secondary N) is 3. The van der Waals surface area contributed by atoms with Crippen LogP contribution in [0, 0.1) is 17.4 Å². The minimum atomic E-state index is -0.149. The van der Waals surface area contributed by atoms with Crippen LogP contribution in [0.5, 0.6) is 0 Å². The molecule has 176 valence electrons. The van der Waals surface area contributed by atoms with Gasteiger partial charge in [0, 0.05) is 31.2 Å². The van der Waals surface area contributed by atoms with Crippen LogP contribution >= 0.6 is 0 Å². The number of guanidine groups is 1. The summed E-state index contributed by atoms with van der Waals surface area (Å²) in [5, 5.41) is 19.4. The number of anilines is 1. The number of hydrogen-bond donors (Lipinski definition) is 3. The van der Waals surface area contributed by atoms with Crippen LogP contribution in [0.1, 0.15) is 64.7 Å². The summed E-state index contributed by atoms with van der Waals surface area (Å²) in [4.78, 5) is 25.9. The Morgan fingerprint density at radius 1 is 1.19 bits per heavy atom. The van der Waals surface area contributed by atoms with Crippen molar-refractivity contribution >= 4 is 17.7 Å². The number of urea groups is 1. The molecule has 0 unspecified atom stereocenters. The SMILES string of the molecule is CCNC(=O)N(CCCCCCN/C(=N\C#N)Nc1ccncc1)OCC1CCCCC1. The molecule has 1 saturated carbocycles. The number of nitriles is 1. The molecule has 0 saturated heterocycles. The van der Waals surface area contributed by atoms with Gasteiger partial charge in [0.05, 0.1) is 13.2 Å². The van der Waals surface area contributed by atoms with E-state index in [-0.39, 0.29) is 6.03 Å². The first-order chi connectivity index (χ1) is 15.7. The molecule has 1 fully saturated rings. The number of hydroxylamine groups is 2. The fraction of sp³-hybridized carbons (Fsp3) is 0.652.